The molecule has 1 saturated heterocycles. The Hall–Kier alpha value is -3.84. The number of nitrogens with one attached hydrogen (secondary N) is 1. The van der Waals surface area contributed by atoms with Crippen molar-refractivity contribution in [3.63, 3.8) is 0 Å². The molecular weight excluding hydrogens is 482 g/mol. The van der Waals surface area contributed by atoms with Crippen LogP contribution < -0.4 is 9.62 Å². The molecule has 0 unspecified atom stereocenters. The van der Waals surface area contributed by atoms with E-state index in [0.29, 0.717) is 42.3 Å². The van der Waals surface area contributed by atoms with Gasteiger partial charge in [-0.1, -0.05) is 48.0 Å². The number of hydrogen-bond acceptors (Lipinski definition) is 4. The van der Waals surface area contributed by atoms with Crippen molar-refractivity contribution in [2.75, 3.05) is 35.8 Å². The van der Waals surface area contributed by atoms with Gasteiger partial charge in [0, 0.05) is 43.1 Å². The number of benzene rings is 4. The topological polar surface area (TPSA) is 69.7 Å². The maximum Gasteiger partial charge on any atom is 0.262 e. The molecule has 1 amide bonds. The van der Waals surface area contributed by atoms with E-state index >= 15 is 0 Å². The van der Waals surface area contributed by atoms with Gasteiger partial charge in [-0.3, -0.25) is 9.52 Å². The first-order valence-electron chi connectivity index (χ1n) is 12.4. The van der Waals surface area contributed by atoms with E-state index in [1.165, 1.54) is 0 Å². The molecule has 6 nitrogen and oxygen atoms in total. The molecule has 1 aliphatic heterocycles. The summed E-state index contributed by atoms with van der Waals surface area (Å²) in [5.41, 5.74) is 4.74. The van der Waals surface area contributed by atoms with Gasteiger partial charge in [0.05, 0.1) is 4.90 Å². The van der Waals surface area contributed by atoms with Crippen molar-refractivity contribution in [1.82, 2.24) is 4.90 Å². The van der Waals surface area contributed by atoms with Crippen molar-refractivity contribution in [2.45, 2.75) is 25.7 Å². The van der Waals surface area contributed by atoms with E-state index in [-0.39, 0.29) is 5.91 Å². The number of amides is 1. The lowest BCUT2D eigenvalue weighted by atomic mass is 10.1. The van der Waals surface area contributed by atoms with E-state index in [1.807, 2.05) is 92.4 Å². The van der Waals surface area contributed by atoms with Gasteiger partial charge in [0.25, 0.3) is 15.9 Å². The van der Waals surface area contributed by atoms with Crippen molar-refractivity contribution >= 4 is 38.1 Å². The number of sulfonamides is 1. The third-order valence-corrected chi connectivity index (χ3v) is 8.61. The summed E-state index contributed by atoms with van der Waals surface area (Å²) in [7, 11) is -3.69. The van der Waals surface area contributed by atoms with E-state index in [9.17, 15) is 13.2 Å². The highest BCUT2D eigenvalue weighted by molar-refractivity contribution is 7.92. The van der Waals surface area contributed by atoms with Crippen molar-refractivity contribution in [2.24, 2.45) is 0 Å². The maximum absolute atomic E-state index is 13.1. The van der Waals surface area contributed by atoms with Gasteiger partial charge in [-0.2, -0.15) is 0 Å². The Morgan fingerprint density at radius 3 is 2.03 bits per heavy atom. The smallest absolute Gasteiger partial charge is 0.262 e. The lowest BCUT2D eigenvalue weighted by Gasteiger charge is -2.36. The number of aryl methyl sites for hydroxylation is 3. The van der Waals surface area contributed by atoms with E-state index in [0.717, 1.165) is 33.2 Å². The van der Waals surface area contributed by atoms with Crippen LogP contribution in [0.25, 0.3) is 10.8 Å². The van der Waals surface area contributed by atoms with Crippen LogP contribution >= 0.6 is 0 Å². The number of fused-ring (bicyclic) bond motifs is 1. The molecule has 4 aromatic rings. The van der Waals surface area contributed by atoms with Gasteiger partial charge in [0.2, 0.25) is 0 Å². The molecule has 37 heavy (non-hydrogen) atoms. The number of piperazine rings is 1. The number of carbonyl (C=O) groups excluding carboxylic acids is 1. The molecule has 1 fully saturated rings. The highest BCUT2D eigenvalue weighted by atomic mass is 32.2. The first kappa shape index (κ1) is 24.8. The molecule has 0 spiro atoms. The van der Waals surface area contributed by atoms with Crippen molar-refractivity contribution < 1.29 is 13.2 Å². The van der Waals surface area contributed by atoms with Crippen LogP contribution in [0.2, 0.25) is 0 Å². The zero-order valence-corrected chi connectivity index (χ0v) is 22.2. The van der Waals surface area contributed by atoms with Crippen molar-refractivity contribution in [3.8, 4) is 0 Å². The minimum absolute atomic E-state index is 0.0526. The normalized spacial score (nSPS) is 14.1. The van der Waals surface area contributed by atoms with Gasteiger partial charge >= 0.3 is 0 Å². The van der Waals surface area contributed by atoms with Gasteiger partial charge in [0.15, 0.2) is 0 Å². The average Bonchev–Trinajstić information content (AvgIpc) is 2.87. The molecule has 1 N–H and O–H groups in total. The Labute approximate surface area is 218 Å². The van der Waals surface area contributed by atoms with Gasteiger partial charge in [0.1, 0.15) is 0 Å². The molecule has 0 atom stereocenters. The lowest BCUT2D eigenvalue weighted by Crippen LogP contribution is -2.48. The Kier molecular flexibility index (Phi) is 6.65. The zero-order chi connectivity index (χ0) is 26.2. The fourth-order valence-electron chi connectivity index (χ4n) is 5.21. The number of nitrogens with zero attached hydrogens (tertiary/aromatic N) is 2. The minimum atomic E-state index is -3.69. The highest BCUT2D eigenvalue weighted by Gasteiger charge is 2.23. The van der Waals surface area contributed by atoms with Crippen molar-refractivity contribution in [1.29, 1.82) is 0 Å². The van der Waals surface area contributed by atoms with Gasteiger partial charge in [-0.05, 0) is 79.1 Å². The standard InChI is InChI=1S/C30H31N3O3S/c1-21-18-22(2)29(23(3)19-21)37(35,36)31-27-10-12-28(13-11-27)32-14-16-33(17-15-32)30(34)26-9-8-24-6-4-5-7-25(24)20-26/h4-13,18-20,31H,14-17H2,1-3H3. The van der Waals surface area contributed by atoms with Crippen LogP contribution in [0.15, 0.2) is 83.8 Å². The van der Waals surface area contributed by atoms with Crippen LogP contribution in [0.3, 0.4) is 0 Å². The van der Waals surface area contributed by atoms with Gasteiger partial charge in [-0.25, -0.2) is 8.42 Å². The fraction of sp³-hybridized carbons (Fsp3) is 0.233. The molecule has 1 aliphatic rings. The number of hydrogen-bond donors (Lipinski definition) is 1. The van der Waals surface area contributed by atoms with Crippen LogP contribution in [-0.4, -0.2) is 45.4 Å². The summed E-state index contributed by atoms with van der Waals surface area (Å²) in [6.45, 7) is 8.29. The molecule has 5 rings (SSSR count). The summed E-state index contributed by atoms with van der Waals surface area (Å²) in [5, 5.41) is 2.19. The van der Waals surface area contributed by atoms with E-state index in [4.69, 9.17) is 0 Å². The lowest BCUT2D eigenvalue weighted by molar-refractivity contribution is 0.0747. The second-order valence-electron chi connectivity index (χ2n) is 9.72. The Morgan fingerprint density at radius 1 is 0.757 bits per heavy atom. The third kappa shape index (κ3) is 5.18. The number of anilines is 2. The zero-order valence-electron chi connectivity index (χ0n) is 21.4. The molecule has 4 aromatic carbocycles. The second kappa shape index (κ2) is 9.90. The van der Waals surface area contributed by atoms with Gasteiger partial charge < -0.3 is 9.80 Å². The maximum atomic E-state index is 13.1. The first-order valence-corrected chi connectivity index (χ1v) is 13.9. The number of carbonyl (C=O) groups is 1. The molecular formula is C30H31N3O3S. The Bertz CT molecular complexity index is 1550. The van der Waals surface area contributed by atoms with Crippen LogP contribution in [0.5, 0.6) is 0 Å². The predicted octanol–water partition coefficient (Wildman–Crippen LogP) is 5.53. The fourth-order valence-corrected chi connectivity index (χ4v) is 6.72. The average molecular weight is 514 g/mol. The van der Waals surface area contributed by atoms with E-state index in [1.54, 1.807) is 12.1 Å². The van der Waals surface area contributed by atoms with Crippen LogP contribution in [-0.2, 0) is 10.0 Å². The summed E-state index contributed by atoms with van der Waals surface area (Å²) >= 11 is 0. The molecule has 0 radical (unpaired) electrons. The van der Waals surface area contributed by atoms with E-state index in [2.05, 4.69) is 9.62 Å². The molecule has 0 saturated carbocycles. The van der Waals surface area contributed by atoms with E-state index < -0.39 is 10.0 Å². The number of rotatable bonds is 5. The summed E-state index contributed by atoms with van der Waals surface area (Å²) in [6, 6.07) is 25.1. The molecule has 0 aliphatic carbocycles. The highest BCUT2D eigenvalue weighted by Crippen LogP contribution is 2.26. The summed E-state index contributed by atoms with van der Waals surface area (Å²) in [5.74, 6) is 0.0526. The quantitative estimate of drug-likeness (QED) is 0.381. The molecule has 7 heteroatoms. The first-order chi connectivity index (χ1) is 17.7. The summed E-state index contributed by atoms with van der Waals surface area (Å²) in [6.07, 6.45) is 0. The molecule has 1 heterocycles. The molecule has 0 aromatic heterocycles. The SMILES string of the molecule is Cc1cc(C)c(S(=O)(=O)Nc2ccc(N3CCN(C(=O)c4ccc5ccccc5c4)CC3)cc2)c(C)c1. The predicted molar refractivity (Wildman–Crippen MR) is 150 cm³/mol. The molecule has 0 bridgehead atoms. The monoisotopic (exact) mass is 513 g/mol. The van der Waals surface area contributed by atoms with Crippen LogP contribution in [0.4, 0.5) is 11.4 Å². The Balaban J connectivity index is 1.23. The second-order valence-corrected chi connectivity index (χ2v) is 11.3. The van der Waals surface area contributed by atoms with Gasteiger partial charge in [-0.15, -0.1) is 0 Å². The molecule has 190 valence electrons. The van der Waals surface area contributed by atoms with Crippen LogP contribution in [0, 0.1) is 20.8 Å². The largest absolute Gasteiger partial charge is 0.368 e. The summed E-state index contributed by atoms with van der Waals surface area (Å²) < 4.78 is 28.9. The van der Waals surface area contributed by atoms with Crippen LogP contribution in [0.1, 0.15) is 27.0 Å². The van der Waals surface area contributed by atoms with Crippen molar-refractivity contribution in [3.05, 3.63) is 101 Å². The third-order valence-electron chi connectivity index (χ3n) is 6.92. The Morgan fingerprint density at radius 2 is 1.38 bits per heavy atom. The summed E-state index contributed by atoms with van der Waals surface area (Å²) in [4.78, 5) is 17.5. The minimum Gasteiger partial charge on any atom is -0.368 e.